The molecule has 2 aliphatic rings. The normalized spacial score (nSPS) is 14.6. The fourth-order valence-electron chi connectivity index (χ4n) is 7.44. The molecule has 0 amide bonds. The van der Waals surface area contributed by atoms with Crippen LogP contribution >= 0.6 is 0 Å². The van der Waals surface area contributed by atoms with Gasteiger partial charge in [-0.25, -0.2) is 15.0 Å². The molecule has 0 spiro atoms. The molecule has 232 valence electrons. The number of aromatic nitrogens is 3. The summed E-state index contributed by atoms with van der Waals surface area (Å²) < 4.78 is 6.54. The number of benzene rings is 6. The summed E-state index contributed by atoms with van der Waals surface area (Å²) in [7, 11) is 0. The average molecular weight is 630 g/mol. The van der Waals surface area contributed by atoms with Crippen LogP contribution < -0.4 is 0 Å². The lowest BCUT2D eigenvalue weighted by atomic mass is 9.86. The van der Waals surface area contributed by atoms with E-state index in [0.717, 1.165) is 75.5 Å². The van der Waals surface area contributed by atoms with E-state index in [1.165, 1.54) is 38.4 Å². The molecule has 2 aromatic heterocycles. The van der Waals surface area contributed by atoms with Crippen LogP contribution in [0.2, 0.25) is 0 Å². The maximum atomic E-state index is 6.54. The van der Waals surface area contributed by atoms with Gasteiger partial charge in [-0.3, -0.25) is 0 Å². The summed E-state index contributed by atoms with van der Waals surface area (Å²) in [5.74, 6) is 2.08. The minimum Gasteiger partial charge on any atom is -0.456 e. The van der Waals surface area contributed by atoms with Gasteiger partial charge in [-0.15, -0.1) is 0 Å². The lowest BCUT2D eigenvalue weighted by Crippen LogP contribution is -2.06. The van der Waals surface area contributed by atoms with E-state index in [1.54, 1.807) is 0 Å². The highest BCUT2D eigenvalue weighted by Gasteiger charge is 2.20. The number of hydrogen-bond donors (Lipinski definition) is 0. The van der Waals surface area contributed by atoms with Crippen LogP contribution in [0.3, 0.4) is 0 Å². The summed E-state index contributed by atoms with van der Waals surface area (Å²) in [4.78, 5) is 15.3. The first-order chi connectivity index (χ1) is 24.2. The highest BCUT2D eigenvalue weighted by molar-refractivity contribution is 6.07. The van der Waals surface area contributed by atoms with Crippen molar-refractivity contribution in [1.29, 1.82) is 0 Å². The van der Waals surface area contributed by atoms with Gasteiger partial charge in [-0.05, 0) is 111 Å². The minimum atomic E-state index is 0.650. The van der Waals surface area contributed by atoms with Gasteiger partial charge in [0.2, 0.25) is 0 Å². The standard InChI is InChI=1S/C45H31N3O/c1-4-10-31-23-34(16-13-28(31)7-1)35-19-21-39-40-22-20-38(27-42(40)49-41(39)26-35)45-47-43(36-17-14-29-8-2-5-11-32(29)24-36)46-44(48-45)37-18-15-30-9-3-6-12-33(30)25-37/h1-5,7-11,13-14,16-17,19-27H,6,12,15,18H2. The van der Waals surface area contributed by atoms with E-state index in [4.69, 9.17) is 19.4 Å². The van der Waals surface area contributed by atoms with Gasteiger partial charge in [-0.2, -0.15) is 0 Å². The third-order valence-corrected chi connectivity index (χ3v) is 10.1. The molecule has 0 bridgehead atoms. The summed E-state index contributed by atoms with van der Waals surface area (Å²) in [6.45, 7) is 0. The Labute approximate surface area is 283 Å². The Bertz CT molecular complexity index is 2730. The van der Waals surface area contributed by atoms with Crippen molar-refractivity contribution in [3.8, 4) is 33.9 Å². The summed E-state index contributed by atoms with van der Waals surface area (Å²) >= 11 is 0. The Morgan fingerprint density at radius 1 is 0.449 bits per heavy atom. The molecule has 49 heavy (non-hydrogen) atoms. The third-order valence-electron chi connectivity index (χ3n) is 10.1. The van der Waals surface area contributed by atoms with Crippen LogP contribution in [-0.4, -0.2) is 15.0 Å². The Kier molecular flexibility index (Phi) is 6.41. The van der Waals surface area contributed by atoms with Gasteiger partial charge in [0.25, 0.3) is 0 Å². The zero-order valence-corrected chi connectivity index (χ0v) is 26.9. The number of furan rings is 1. The van der Waals surface area contributed by atoms with Crippen molar-refractivity contribution in [1.82, 2.24) is 15.0 Å². The van der Waals surface area contributed by atoms with Crippen LogP contribution in [0.5, 0.6) is 0 Å². The van der Waals surface area contributed by atoms with Crippen LogP contribution in [0.4, 0.5) is 0 Å². The van der Waals surface area contributed by atoms with Crippen molar-refractivity contribution >= 4 is 49.1 Å². The van der Waals surface area contributed by atoms with E-state index < -0.39 is 0 Å². The molecule has 2 heterocycles. The first-order valence-corrected chi connectivity index (χ1v) is 17.0. The largest absolute Gasteiger partial charge is 0.456 e. The molecule has 4 heteroatoms. The molecule has 0 N–H and O–H groups in total. The van der Waals surface area contributed by atoms with E-state index >= 15 is 0 Å². The van der Waals surface area contributed by atoms with E-state index in [2.05, 4.69) is 140 Å². The van der Waals surface area contributed by atoms with Crippen molar-refractivity contribution in [3.05, 3.63) is 157 Å². The first-order valence-electron chi connectivity index (χ1n) is 17.0. The van der Waals surface area contributed by atoms with E-state index in [1.807, 2.05) is 0 Å². The molecule has 0 saturated heterocycles. The number of rotatable bonds is 4. The maximum absolute atomic E-state index is 6.54. The molecule has 2 aliphatic carbocycles. The van der Waals surface area contributed by atoms with Gasteiger partial charge in [0.1, 0.15) is 11.2 Å². The molecular formula is C45H31N3O. The van der Waals surface area contributed by atoms with Crippen LogP contribution in [0.15, 0.2) is 155 Å². The molecule has 0 atom stereocenters. The summed E-state index contributed by atoms with van der Waals surface area (Å²) in [6.07, 6.45) is 11.0. The van der Waals surface area contributed by atoms with E-state index in [-0.39, 0.29) is 0 Å². The van der Waals surface area contributed by atoms with E-state index in [0.29, 0.717) is 11.6 Å². The predicted molar refractivity (Wildman–Crippen MR) is 201 cm³/mol. The molecular weight excluding hydrogens is 599 g/mol. The molecule has 0 aliphatic heterocycles. The fraction of sp³-hybridized carbons (Fsp3) is 0.0889. The Hall–Kier alpha value is -6.13. The highest BCUT2D eigenvalue weighted by atomic mass is 16.3. The van der Waals surface area contributed by atoms with Gasteiger partial charge in [0.05, 0.1) is 0 Å². The molecule has 6 aromatic carbocycles. The van der Waals surface area contributed by atoms with Crippen molar-refractivity contribution in [2.45, 2.75) is 25.7 Å². The second kappa shape index (κ2) is 11.2. The van der Waals surface area contributed by atoms with Crippen LogP contribution in [0.25, 0.3) is 83.0 Å². The molecule has 8 aromatic rings. The van der Waals surface area contributed by atoms with E-state index in [9.17, 15) is 0 Å². The Morgan fingerprint density at radius 3 is 1.73 bits per heavy atom. The third kappa shape index (κ3) is 4.96. The van der Waals surface area contributed by atoms with Crippen LogP contribution in [0.1, 0.15) is 31.5 Å². The molecule has 0 saturated carbocycles. The lowest BCUT2D eigenvalue weighted by molar-refractivity contribution is 0.669. The number of hydrogen-bond acceptors (Lipinski definition) is 4. The molecule has 4 nitrogen and oxygen atoms in total. The quantitative estimate of drug-likeness (QED) is 0.194. The number of fused-ring (bicyclic) bond motifs is 5. The Balaban J connectivity index is 1.09. The summed E-state index contributed by atoms with van der Waals surface area (Å²) in [5, 5.41) is 6.99. The summed E-state index contributed by atoms with van der Waals surface area (Å²) in [5.41, 5.74) is 9.89. The van der Waals surface area contributed by atoms with Gasteiger partial charge in [0, 0.05) is 21.9 Å². The molecule has 0 radical (unpaired) electrons. The molecule has 0 fully saturated rings. The highest BCUT2D eigenvalue weighted by Crippen LogP contribution is 2.37. The van der Waals surface area contributed by atoms with Gasteiger partial charge in [-0.1, -0.05) is 103 Å². The van der Waals surface area contributed by atoms with Gasteiger partial charge >= 0.3 is 0 Å². The minimum absolute atomic E-state index is 0.650. The molecule has 0 unspecified atom stereocenters. The molecule has 10 rings (SSSR count). The number of nitrogens with zero attached hydrogens (tertiary/aromatic N) is 3. The fourth-order valence-corrected chi connectivity index (χ4v) is 7.44. The maximum Gasteiger partial charge on any atom is 0.164 e. The van der Waals surface area contributed by atoms with Crippen LogP contribution in [0, 0.1) is 0 Å². The average Bonchev–Trinajstić information content (AvgIpc) is 3.54. The SMILES string of the molecule is C1=CC2=C(C=C(c3nc(-c4ccc5ccccc5c4)nc(-c4ccc5c(c4)oc4cc(-c6ccc7ccccc7c6)ccc45)n3)CC2)CC1. The van der Waals surface area contributed by atoms with Crippen molar-refractivity contribution in [2.75, 3.05) is 0 Å². The lowest BCUT2D eigenvalue weighted by Gasteiger charge is -2.20. The van der Waals surface area contributed by atoms with Gasteiger partial charge < -0.3 is 4.42 Å². The smallest absolute Gasteiger partial charge is 0.164 e. The first kappa shape index (κ1) is 27.9. The number of allylic oxidation sites excluding steroid dienone is 6. The van der Waals surface area contributed by atoms with Gasteiger partial charge in [0.15, 0.2) is 17.5 Å². The second-order valence-electron chi connectivity index (χ2n) is 13.1. The van der Waals surface area contributed by atoms with Crippen molar-refractivity contribution < 1.29 is 4.42 Å². The van der Waals surface area contributed by atoms with Crippen molar-refractivity contribution in [2.24, 2.45) is 0 Å². The Morgan fingerprint density at radius 2 is 1.00 bits per heavy atom. The monoisotopic (exact) mass is 629 g/mol. The zero-order valence-electron chi connectivity index (χ0n) is 26.9. The van der Waals surface area contributed by atoms with Crippen LogP contribution in [-0.2, 0) is 0 Å². The second-order valence-corrected chi connectivity index (χ2v) is 13.1. The summed E-state index contributed by atoms with van der Waals surface area (Å²) in [6, 6.07) is 42.7. The predicted octanol–water partition coefficient (Wildman–Crippen LogP) is 11.9. The topological polar surface area (TPSA) is 51.8 Å². The van der Waals surface area contributed by atoms with Crippen molar-refractivity contribution in [3.63, 3.8) is 0 Å². The zero-order chi connectivity index (χ0) is 32.3.